The van der Waals surface area contributed by atoms with Gasteiger partial charge < -0.3 is 9.32 Å². The van der Waals surface area contributed by atoms with Gasteiger partial charge in [-0.25, -0.2) is 0 Å². The van der Waals surface area contributed by atoms with Gasteiger partial charge in [-0.3, -0.25) is 14.5 Å². The van der Waals surface area contributed by atoms with Crippen LogP contribution in [-0.4, -0.2) is 41.9 Å². The van der Waals surface area contributed by atoms with Crippen molar-refractivity contribution in [2.24, 2.45) is 0 Å². The van der Waals surface area contributed by atoms with E-state index in [0.29, 0.717) is 24.1 Å². The van der Waals surface area contributed by atoms with Gasteiger partial charge in [0.2, 0.25) is 0 Å². The van der Waals surface area contributed by atoms with Gasteiger partial charge in [-0.2, -0.15) is 0 Å². The number of piperazine rings is 1. The molecule has 0 atom stereocenters. The maximum absolute atomic E-state index is 13.2. The molecule has 0 radical (unpaired) electrons. The second kappa shape index (κ2) is 9.04. The summed E-state index contributed by atoms with van der Waals surface area (Å²) in [4.78, 5) is 29.9. The van der Waals surface area contributed by atoms with E-state index in [-0.39, 0.29) is 23.1 Å². The van der Waals surface area contributed by atoms with Crippen LogP contribution in [-0.2, 0) is 0 Å². The summed E-state index contributed by atoms with van der Waals surface area (Å²) in [5.74, 6) is -0.125. The average molecular weight is 439 g/mol. The van der Waals surface area contributed by atoms with E-state index in [0.717, 1.165) is 18.7 Å². The Morgan fingerprint density at radius 2 is 1.42 bits per heavy atom. The first-order valence-electron chi connectivity index (χ1n) is 11.3. The number of carbonyl (C=O) groups excluding carboxylic acids is 1. The van der Waals surface area contributed by atoms with Crippen molar-refractivity contribution in [3.63, 3.8) is 0 Å². The van der Waals surface area contributed by atoms with E-state index in [4.69, 9.17) is 4.42 Å². The van der Waals surface area contributed by atoms with E-state index in [1.54, 1.807) is 17.0 Å². The zero-order valence-corrected chi connectivity index (χ0v) is 18.6. The van der Waals surface area contributed by atoms with Crippen molar-refractivity contribution in [1.82, 2.24) is 9.80 Å². The number of aryl methyl sites for hydroxylation is 1. The lowest BCUT2D eigenvalue weighted by Crippen LogP contribution is -2.50. The van der Waals surface area contributed by atoms with E-state index >= 15 is 0 Å². The van der Waals surface area contributed by atoms with Crippen molar-refractivity contribution in [1.29, 1.82) is 0 Å². The molecular formula is C28H26N2O3. The Morgan fingerprint density at radius 3 is 2.03 bits per heavy atom. The summed E-state index contributed by atoms with van der Waals surface area (Å²) in [5.41, 5.74) is 3.72. The third-order valence-electron chi connectivity index (χ3n) is 6.29. The van der Waals surface area contributed by atoms with E-state index in [1.165, 1.54) is 17.2 Å². The van der Waals surface area contributed by atoms with Gasteiger partial charge in [0.25, 0.3) is 5.91 Å². The number of carbonyl (C=O) groups is 1. The fraction of sp³-hybridized carbons (Fsp3) is 0.214. The number of benzene rings is 3. The molecular weight excluding hydrogens is 412 g/mol. The summed E-state index contributed by atoms with van der Waals surface area (Å²) in [6.07, 6.45) is 0. The minimum atomic E-state index is -0.230. The standard InChI is InChI=1S/C28H26N2O3/c1-20-12-13-23-24(31)19-26(33-25(23)18-20)28(32)30-16-14-29(15-17-30)27(21-8-4-2-5-9-21)22-10-6-3-7-11-22/h2-13,18-19,27H,14-17H2,1H3. The Bertz CT molecular complexity index is 1280. The van der Waals surface area contributed by atoms with E-state index in [2.05, 4.69) is 53.4 Å². The summed E-state index contributed by atoms with van der Waals surface area (Å²) in [6.45, 7) is 4.55. The molecule has 2 heterocycles. The molecule has 0 unspecified atom stereocenters. The molecule has 0 saturated carbocycles. The summed E-state index contributed by atoms with van der Waals surface area (Å²) in [5, 5.41) is 0.496. The Balaban J connectivity index is 1.36. The number of hydrogen-bond acceptors (Lipinski definition) is 4. The normalized spacial score (nSPS) is 14.7. The van der Waals surface area contributed by atoms with Gasteiger partial charge in [0.1, 0.15) is 5.58 Å². The highest BCUT2D eigenvalue weighted by Gasteiger charge is 2.29. The molecule has 5 nitrogen and oxygen atoms in total. The maximum Gasteiger partial charge on any atom is 0.289 e. The molecule has 1 saturated heterocycles. The van der Waals surface area contributed by atoms with Crippen molar-refractivity contribution >= 4 is 16.9 Å². The van der Waals surface area contributed by atoms with Gasteiger partial charge >= 0.3 is 0 Å². The van der Waals surface area contributed by atoms with Crippen LogP contribution in [0.1, 0.15) is 33.3 Å². The van der Waals surface area contributed by atoms with Crippen molar-refractivity contribution in [2.45, 2.75) is 13.0 Å². The summed E-state index contributed by atoms with van der Waals surface area (Å²) in [6, 6.07) is 27.8. The molecule has 166 valence electrons. The van der Waals surface area contributed by atoms with Crippen LogP contribution < -0.4 is 5.43 Å². The van der Waals surface area contributed by atoms with Crippen LogP contribution >= 0.6 is 0 Å². The number of fused-ring (bicyclic) bond motifs is 1. The van der Waals surface area contributed by atoms with Crippen molar-refractivity contribution < 1.29 is 9.21 Å². The predicted molar refractivity (Wildman–Crippen MR) is 129 cm³/mol. The van der Waals surface area contributed by atoms with Crippen molar-refractivity contribution in [2.75, 3.05) is 26.2 Å². The highest BCUT2D eigenvalue weighted by Crippen LogP contribution is 2.29. The van der Waals surface area contributed by atoms with Crippen LogP contribution in [0.25, 0.3) is 11.0 Å². The third kappa shape index (κ3) is 4.32. The van der Waals surface area contributed by atoms with Gasteiger partial charge in [0, 0.05) is 32.2 Å². The van der Waals surface area contributed by atoms with Crippen LogP contribution in [0.4, 0.5) is 0 Å². The maximum atomic E-state index is 13.2. The second-order valence-electron chi connectivity index (χ2n) is 8.53. The molecule has 0 aliphatic carbocycles. The first-order valence-corrected chi connectivity index (χ1v) is 11.3. The number of hydrogen-bond donors (Lipinski definition) is 0. The fourth-order valence-corrected chi connectivity index (χ4v) is 4.59. The molecule has 5 heteroatoms. The highest BCUT2D eigenvalue weighted by atomic mass is 16.3. The minimum Gasteiger partial charge on any atom is -0.451 e. The molecule has 1 aliphatic heterocycles. The zero-order chi connectivity index (χ0) is 22.8. The van der Waals surface area contributed by atoms with Crippen LogP contribution in [0.15, 0.2) is 94.1 Å². The Morgan fingerprint density at radius 1 is 0.818 bits per heavy atom. The van der Waals surface area contributed by atoms with Crippen molar-refractivity contribution in [3.8, 4) is 0 Å². The van der Waals surface area contributed by atoms with Crippen LogP contribution in [0, 0.1) is 6.92 Å². The van der Waals surface area contributed by atoms with Gasteiger partial charge in [-0.1, -0.05) is 66.7 Å². The molecule has 1 aliphatic rings. The SMILES string of the molecule is Cc1ccc2c(=O)cc(C(=O)N3CCN(C(c4ccccc4)c4ccccc4)CC3)oc2c1. The molecule has 0 spiro atoms. The zero-order valence-electron chi connectivity index (χ0n) is 18.6. The molecule has 1 amide bonds. The minimum absolute atomic E-state index is 0.106. The Labute approximate surface area is 192 Å². The molecule has 0 bridgehead atoms. The first-order chi connectivity index (χ1) is 16.1. The van der Waals surface area contributed by atoms with Crippen LogP contribution in [0.2, 0.25) is 0 Å². The Hall–Kier alpha value is -3.70. The van der Waals surface area contributed by atoms with Gasteiger partial charge in [0.05, 0.1) is 11.4 Å². The predicted octanol–water partition coefficient (Wildman–Crippen LogP) is 4.65. The van der Waals surface area contributed by atoms with Gasteiger partial charge in [-0.15, -0.1) is 0 Å². The quantitative estimate of drug-likeness (QED) is 0.466. The summed E-state index contributed by atoms with van der Waals surface area (Å²) >= 11 is 0. The molecule has 3 aromatic carbocycles. The fourth-order valence-electron chi connectivity index (χ4n) is 4.59. The first kappa shape index (κ1) is 21.2. The largest absolute Gasteiger partial charge is 0.451 e. The molecule has 1 aromatic heterocycles. The average Bonchev–Trinajstić information content (AvgIpc) is 2.85. The number of rotatable bonds is 4. The molecule has 4 aromatic rings. The van der Waals surface area contributed by atoms with Crippen molar-refractivity contribution in [3.05, 3.63) is 118 Å². The van der Waals surface area contributed by atoms with Gasteiger partial charge in [-0.05, 0) is 35.7 Å². The number of nitrogens with zero attached hydrogens (tertiary/aromatic N) is 2. The monoisotopic (exact) mass is 438 g/mol. The summed E-state index contributed by atoms with van der Waals surface area (Å²) in [7, 11) is 0. The van der Waals surface area contributed by atoms with E-state index in [9.17, 15) is 9.59 Å². The summed E-state index contributed by atoms with van der Waals surface area (Å²) < 4.78 is 5.85. The third-order valence-corrected chi connectivity index (χ3v) is 6.29. The van der Waals surface area contributed by atoms with E-state index in [1.807, 2.05) is 25.1 Å². The lowest BCUT2D eigenvalue weighted by Gasteiger charge is -2.39. The number of amides is 1. The molecule has 33 heavy (non-hydrogen) atoms. The smallest absolute Gasteiger partial charge is 0.289 e. The lowest BCUT2D eigenvalue weighted by molar-refractivity contribution is 0.0568. The molecule has 5 rings (SSSR count). The second-order valence-corrected chi connectivity index (χ2v) is 8.53. The van der Waals surface area contributed by atoms with Crippen LogP contribution in [0.3, 0.4) is 0 Å². The molecule has 1 fully saturated rings. The highest BCUT2D eigenvalue weighted by molar-refractivity contribution is 5.93. The lowest BCUT2D eigenvalue weighted by atomic mass is 9.96. The van der Waals surface area contributed by atoms with Gasteiger partial charge in [0.15, 0.2) is 11.2 Å². The topological polar surface area (TPSA) is 53.8 Å². The van der Waals surface area contributed by atoms with Crippen LogP contribution in [0.5, 0.6) is 0 Å². The molecule has 0 N–H and O–H groups in total. The Kier molecular flexibility index (Phi) is 5.80. The van der Waals surface area contributed by atoms with E-state index < -0.39 is 0 Å².